The highest BCUT2D eigenvalue weighted by molar-refractivity contribution is 6.31. The number of aliphatic hydroxyl groups is 1. The number of fused-ring (bicyclic) bond motifs is 1. The van der Waals surface area contributed by atoms with Gasteiger partial charge < -0.3 is 20.8 Å². The van der Waals surface area contributed by atoms with Crippen molar-refractivity contribution in [2.75, 3.05) is 6.54 Å². The van der Waals surface area contributed by atoms with Gasteiger partial charge in [0.05, 0.1) is 34.5 Å². The van der Waals surface area contributed by atoms with Crippen LogP contribution in [0.25, 0.3) is 11.3 Å². The van der Waals surface area contributed by atoms with Gasteiger partial charge in [-0.2, -0.15) is 5.10 Å². The van der Waals surface area contributed by atoms with E-state index in [-0.39, 0.29) is 35.1 Å². The maximum absolute atomic E-state index is 13.5. The van der Waals surface area contributed by atoms with Crippen molar-refractivity contribution in [2.24, 2.45) is 5.73 Å². The molecule has 4 N–H and O–H groups in total. The van der Waals surface area contributed by atoms with Crippen LogP contribution < -0.4 is 5.73 Å². The van der Waals surface area contributed by atoms with Gasteiger partial charge in [-0.15, -0.1) is 0 Å². The van der Waals surface area contributed by atoms with Crippen LogP contribution in [0.1, 0.15) is 35.9 Å². The van der Waals surface area contributed by atoms with Gasteiger partial charge in [0.25, 0.3) is 5.91 Å². The average Bonchev–Trinajstić information content (AvgIpc) is 2.94. The highest BCUT2D eigenvalue weighted by atomic mass is 35.5. The standard InChI is InChI=1S/C17H18ClFN4O4/c1-17(2,27)12-7-22(16(25)26)6-11-13(15(20)24)14(21-23(11)12)8-3-4-10(19)9(18)5-8/h3-5,12,27H,6-7H2,1-2H3,(H2,20,24)(H,25,26). The molecule has 0 fully saturated rings. The predicted molar refractivity (Wildman–Crippen MR) is 94.9 cm³/mol. The second-order valence-electron chi connectivity index (χ2n) is 6.94. The molecule has 144 valence electrons. The third kappa shape index (κ3) is 3.35. The Labute approximate surface area is 158 Å². The number of nitrogens with zero attached hydrogens (tertiary/aromatic N) is 3. The Balaban J connectivity index is 2.25. The van der Waals surface area contributed by atoms with Crippen molar-refractivity contribution >= 4 is 23.6 Å². The highest BCUT2D eigenvalue weighted by Crippen LogP contribution is 2.36. The van der Waals surface area contributed by atoms with Gasteiger partial charge in [-0.3, -0.25) is 9.48 Å². The number of aromatic nitrogens is 2. The fourth-order valence-corrected chi connectivity index (χ4v) is 3.36. The minimum absolute atomic E-state index is 0.0119. The molecular weight excluding hydrogens is 379 g/mol. The molecule has 1 unspecified atom stereocenters. The van der Waals surface area contributed by atoms with Gasteiger partial charge in [-0.05, 0) is 32.0 Å². The normalized spacial score (nSPS) is 16.9. The van der Waals surface area contributed by atoms with E-state index in [4.69, 9.17) is 17.3 Å². The number of primary amides is 1. The van der Waals surface area contributed by atoms with Gasteiger partial charge in [-0.25, -0.2) is 9.18 Å². The maximum atomic E-state index is 13.5. The third-order valence-electron chi connectivity index (χ3n) is 4.56. The molecule has 3 rings (SSSR count). The van der Waals surface area contributed by atoms with E-state index in [2.05, 4.69) is 5.10 Å². The first-order valence-electron chi connectivity index (χ1n) is 8.07. The zero-order valence-corrected chi connectivity index (χ0v) is 15.4. The van der Waals surface area contributed by atoms with Crippen LogP contribution in [0.5, 0.6) is 0 Å². The molecule has 1 aliphatic rings. The number of halogens is 2. The van der Waals surface area contributed by atoms with Gasteiger partial charge in [0.1, 0.15) is 11.5 Å². The Hall–Kier alpha value is -2.65. The van der Waals surface area contributed by atoms with Crippen LogP contribution in [-0.4, -0.2) is 49.0 Å². The largest absolute Gasteiger partial charge is 0.465 e. The van der Waals surface area contributed by atoms with E-state index in [0.29, 0.717) is 5.56 Å². The van der Waals surface area contributed by atoms with Crippen molar-refractivity contribution in [1.29, 1.82) is 0 Å². The molecule has 0 aliphatic carbocycles. The molecule has 27 heavy (non-hydrogen) atoms. The SMILES string of the molecule is CC(C)(O)C1CN(C(=O)O)Cc2c(C(N)=O)c(-c3ccc(F)c(Cl)c3)nn21. The van der Waals surface area contributed by atoms with Gasteiger partial charge in [0, 0.05) is 12.1 Å². The Bertz CT molecular complexity index is 938. The van der Waals surface area contributed by atoms with Crippen molar-refractivity contribution < 1.29 is 24.2 Å². The molecule has 10 heteroatoms. The molecule has 2 amide bonds. The quantitative estimate of drug-likeness (QED) is 0.734. The monoisotopic (exact) mass is 396 g/mol. The molecule has 0 radical (unpaired) electrons. The molecule has 8 nitrogen and oxygen atoms in total. The number of hydrogen-bond acceptors (Lipinski definition) is 4. The van der Waals surface area contributed by atoms with E-state index < -0.39 is 29.5 Å². The lowest BCUT2D eigenvalue weighted by Crippen LogP contribution is -2.48. The molecule has 2 aromatic rings. The Morgan fingerprint density at radius 1 is 1.41 bits per heavy atom. The van der Waals surface area contributed by atoms with Crippen molar-refractivity contribution in [2.45, 2.75) is 32.0 Å². The smallest absolute Gasteiger partial charge is 0.407 e. The summed E-state index contributed by atoms with van der Waals surface area (Å²) in [6.45, 7) is 2.90. The van der Waals surface area contributed by atoms with Gasteiger partial charge >= 0.3 is 6.09 Å². The van der Waals surface area contributed by atoms with Crippen molar-refractivity contribution in [3.8, 4) is 11.3 Å². The van der Waals surface area contributed by atoms with Crippen LogP contribution in [0.2, 0.25) is 5.02 Å². The summed E-state index contributed by atoms with van der Waals surface area (Å²) in [5.41, 5.74) is 4.99. The Morgan fingerprint density at radius 3 is 2.59 bits per heavy atom. The zero-order chi connectivity index (χ0) is 20.1. The first kappa shape index (κ1) is 19.1. The summed E-state index contributed by atoms with van der Waals surface area (Å²) >= 11 is 5.84. The van der Waals surface area contributed by atoms with Crippen LogP contribution in [0.4, 0.5) is 9.18 Å². The molecular formula is C17H18ClFN4O4. The first-order chi connectivity index (χ1) is 12.5. The fourth-order valence-electron chi connectivity index (χ4n) is 3.18. The van der Waals surface area contributed by atoms with Gasteiger partial charge in [0.15, 0.2) is 0 Å². The molecule has 1 aromatic carbocycles. The lowest BCUT2D eigenvalue weighted by atomic mass is 9.95. The highest BCUT2D eigenvalue weighted by Gasteiger charge is 2.40. The molecule has 2 heterocycles. The van der Waals surface area contributed by atoms with E-state index in [1.807, 2.05) is 0 Å². The number of amides is 2. The van der Waals surface area contributed by atoms with E-state index in [9.17, 15) is 24.2 Å². The summed E-state index contributed by atoms with van der Waals surface area (Å²) in [6.07, 6.45) is -1.20. The predicted octanol–water partition coefficient (Wildman–Crippen LogP) is 2.25. The van der Waals surface area contributed by atoms with Crippen LogP contribution in [-0.2, 0) is 6.54 Å². The Morgan fingerprint density at radius 2 is 2.07 bits per heavy atom. The topological polar surface area (TPSA) is 122 Å². The summed E-state index contributed by atoms with van der Waals surface area (Å²) in [5, 5.41) is 24.2. The third-order valence-corrected chi connectivity index (χ3v) is 4.85. The summed E-state index contributed by atoms with van der Waals surface area (Å²) < 4.78 is 14.9. The van der Waals surface area contributed by atoms with Gasteiger partial charge in [0.2, 0.25) is 0 Å². The molecule has 0 spiro atoms. The number of rotatable bonds is 3. The number of hydrogen-bond donors (Lipinski definition) is 3. The fraction of sp³-hybridized carbons (Fsp3) is 0.353. The summed E-state index contributed by atoms with van der Waals surface area (Å²) in [6, 6.07) is 3.10. The number of carbonyl (C=O) groups excluding carboxylic acids is 1. The van der Waals surface area contributed by atoms with Crippen LogP contribution in [0.15, 0.2) is 18.2 Å². The minimum atomic E-state index is -1.33. The van der Waals surface area contributed by atoms with Crippen LogP contribution >= 0.6 is 11.6 Å². The van der Waals surface area contributed by atoms with Crippen LogP contribution in [0.3, 0.4) is 0 Å². The molecule has 0 saturated heterocycles. The van der Waals surface area contributed by atoms with Crippen molar-refractivity contribution in [3.63, 3.8) is 0 Å². The average molecular weight is 397 g/mol. The second-order valence-corrected chi connectivity index (χ2v) is 7.35. The maximum Gasteiger partial charge on any atom is 0.407 e. The molecule has 1 atom stereocenters. The van der Waals surface area contributed by atoms with E-state index in [1.165, 1.54) is 30.7 Å². The second kappa shape index (κ2) is 6.50. The summed E-state index contributed by atoms with van der Waals surface area (Å²) in [4.78, 5) is 24.7. The minimum Gasteiger partial charge on any atom is -0.465 e. The molecule has 0 saturated carbocycles. The lowest BCUT2D eigenvalue weighted by Gasteiger charge is -2.38. The van der Waals surface area contributed by atoms with E-state index in [0.717, 1.165) is 11.0 Å². The lowest BCUT2D eigenvalue weighted by molar-refractivity contribution is -0.00861. The summed E-state index contributed by atoms with van der Waals surface area (Å²) in [7, 11) is 0. The molecule has 1 aliphatic heterocycles. The summed E-state index contributed by atoms with van der Waals surface area (Å²) in [5.74, 6) is -1.44. The Kier molecular flexibility index (Phi) is 4.61. The number of benzene rings is 1. The van der Waals surface area contributed by atoms with E-state index in [1.54, 1.807) is 0 Å². The number of carbonyl (C=O) groups is 2. The van der Waals surface area contributed by atoms with Crippen molar-refractivity contribution in [3.05, 3.63) is 40.3 Å². The molecule has 1 aromatic heterocycles. The number of nitrogens with two attached hydrogens (primary N) is 1. The van der Waals surface area contributed by atoms with E-state index >= 15 is 0 Å². The van der Waals surface area contributed by atoms with Crippen molar-refractivity contribution in [1.82, 2.24) is 14.7 Å². The zero-order valence-electron chi connectivity index (χ0n) is 14.6. The van der Waals surface area contributed by atoms with Crippen LogP contribution in [0, 0.1) is 5.82 Å². The first-order valence-corrected chi connectivity index (χ1v) is 8.45. The van der Waals surface area contributed by atoms with Gasteiger partial charge in [-0.1, -0.05) is 11.6 Å². The number of carboxylic acid groups (broad SMARTS) is 1. The molecule has 0 bridgehead atoms.